The van der Waals surface area contributed by atoms with Crippen molar-refractivity contribution >= 4 is 29.3 Å². The second kappa shape index (κ2) is 7.31. The van der Waals surface area contributed by atoms with Gasteiger partial charge in [0, 0.05) is 30.8 Å². The highest BCUT2D eigenvalue weighted by Gasteiger charge is 2.24. The van der Waals surface area contributed by atoms with Gasteiger partial charge < -0.3 is 15.5 Å². The minimum atomic E-state index is -0.185. The Kier molecular flexibility index (Phi) is 5.43. The SMILES string of the molecule is CN(CC(=O)Nc1ccccc1)C(=O)C1CSCCN1. The zero-order valence-electron chi connectivity index (χ0n) is 11.5. The number of amides is 2. The van der Waals surface area contributed by atoms with Gasteiger partial charge in [-0.3, -0.25) is 9.59 Å². The molecule has 5 nitrogen and oxygen atoms in total. The van der Waals surface area contributed by atoms with Gasteiger partial charge >= 0.3 is 0 Å². The predicted octanol–water partition coefficient (Wildman–Crippen LogP) is 0.788. The average molecular weight is 293 g/mol. The molecule has 2 N–H and O–H groups in total. The molecule has 0 bridgehead atoms. The van der Waals surface area contributed by atoms with E-state index >= 15 is 0 Å². The second-order valence-electron chi connectivity index (χ2n) is 4.69. The molecule has 1 heterocycles. The number of carbonyl (C=O) groups excluding carboxylic acids is 2. The summed E-state index contributed by atoms with van der Waals surface area (Å²) >= 11 is 1.76. The monoisotopic (exact) mass is 293 g/mol. The standard InChI is InChI=1S/C14H19N3O2S/c1-17(14(19)12-10-20-8-7-15-12)9-13(18)16-11-5-3-2-4-6-11/h2-6,12,15H,7-10H2,1H3,(H,16,18). The number of nitrogens with zero attached hydrogens (tertiary/aromatic N) is 1. The van der Waals surface area contributed by atoms with Crippen LogP contribution in [0.1, 0.15) is 0 Å². The second-order valence-corrected chi connectivity index (χ2v) is 5.84. The first kappa shape index (κ1) is 14.9. The van der Waals surface area contributed by atoms with Crippen LogP contribution in [0.5, 0.6) is 0 Å². The minimum Gasteiger partial charge on any atom is -0.335 e. The third kappa shape index (κ3) is 4.25. The van der Waals surface area contributed by atoms with E-state index in [2.05, 4.69) is 10.6 Å². The third-order valence-electron chi connectivity index (χ3n) is 3.03. The molecule has 0 aliphatic carbocycles. The lowest BCUT2D eigenvalue weighted by Crippen LogP contribution is -2.50. The van der Waals surface area contributed by atoms with Crippen molar-refractivity contribution in [1.29, 1.82) is 0 Å². The predicted molar refractivity (Wildman–Crippen MR) is 81.8 cm³/mol. The van der Waals surface area contributed by atoms with E-state index in [1.165, 1.54) is 4.90 Å². The highest BCUT2D eigenvalue weighted by molar-refractivity contribution is 7.99. The van der Waals surface area contributed by atoms with Crippen molar-refractivity contribution in [2.45, 2.75) is 6.04 Å². The minimum absolute atomic E-state index is 0.0274. The lowest BCUT2D eigenvalue weighted by atomic mass is 10.2. The molecule has 1 aromatic carbocycles. The Morgan fingerprint density at radius 2 is 2.15 bits per heavy atom. The quantitative estimate of drug-likeness (QED) is 0.861. The molecule has 20 heavy (non-hydrogen) atoms. The normalized spacial score (nSPS) is 18.4. The smallest absolute Gasteiger partial charge is 0.243 e. The number of hydrogen-bond donors (Lipinski definition) is 2. The number of anilines is 1. The molecule has 6 heteroatoms. The number of nitrogens with one attached hydrogen (secondary N) is 2. The van der Waals surface area contributed by atoms with E-state index in [0.29, 0.717) is 0 Å². The lowest BCUT2D eigenvalue weighted by Gasteiger charge is -2.26. The summed E-state index contributed by atoms with van der Waals surface area (Å²) < 4.78 is 0. The molecule has 1 saturated heterocycles. The first-order chi connectivity index (χ1) is 9.66. The molecule has 1 aliphatic rings. The Hall–Kier alpha value is -1.53. The van der Waals surface area contributed by atoms with Crippen LogP contribution in [0.4, 0.5) is 5.69 Å². The number of benzene rings is 1. The molecule has 1 unspecified atom stereocenters. The summed E-state index contributed by atoms with van der Waals surface area (Å²) in [4.78, 5) is 25.5. The largest absolute Gasteiger partial charge is 0.335 e. The summed E-state index contributed by atoms with van der Waals surface area (Å²) in [5.74, 6) is 1.58. The topological polar surface area (TPSA) is 61.4 Å². The van der Waals surface area contributed by atoms with Gasteiger partial charge in [0.15, 0.2) is 0 Å². The number of likely N-dealkylation sites (N-methyl/N-ethyl adjacent to an activating group) is 1. The molecule has 1 fully saturated rings. The van der Waals surface area contributed by atoms with Gasteiger partial charge in [-0.25, -0.2) is 0 Å². The van der Waals surface area contributed by atoms with Crippen LogP contribution in [-0.2, 0) is 9.59 Å². The van der Waals surface area contributed by atoms with Crippen LogP contribution in [0.2, 0.25) is 0 Å². The zero-order valence-corrected chi connectivity index (χ0v) is 12.3. The maximum Gasteiger partial charge on any atom is 0.243 e. The number of carbonyl (C=O) groups is 2. The van der Waals surface area contributed by atoms with Crippen LogP contribution in [0.25, 0.3) is 0 Å². The highest BCUT2D eigenvalue weighted by Crippen LogP contribution is 2.10. The summed E-state index contributed by atoms with van der Waals surface area (Å²) in [6.07, 6.45) is 0. The van der Waals surface area contributed by atoms with Crippen molar-refractivity contribution in [3.63, 3.8) is 0 Å². The number of thioether (sulfide) groups is 1. The summed E-state index contributed by atoms with van der Waals surface area (Å²) in [6.45, 7) is 0.904. The molecule has 0 aromatic heterocycles. The highest BCUT2D eigenvalue weighted by atomic mass is 32.2. The molecule has 0 radical (unpaired) electrons. The van der Waals surface area contributed by atoms with Crippen molar-refractivity contribution in [2.24, 2.45) is 0 Å². The lowest BCUT2D eigenvalue weighted by molar-refractivity contribution is -0.134. The molecule has 2 rings (SSSR count). The fraction of sp³-hybridized carbons (Fsp3) is 0.429. The first-order valence-corrected chi connectivity index (χ1v) is 7.73. The van der Waals surface area contributed by atoms with Gasteiger partial charge in [-0.1, -0.05) is 18.2 Å². The molecule has 0 saturated carbocycles. The molecule has 1 aromatic rings. The average Bonchev–Trinajstić information content (AvgIpc) is 2.48. The summed E-state index contributed by atoms with van der Waals surface area (Å²) in [7, 11) is 1.66. The van der Waals surface area contributed by atoms with Crippen molar-refractivity contribution in [3.05, 3.63) is 30.3 Å². The number of hydrogen-bond acceptors (Lipinski definition) is 4. The van der Waals surface area contributed by atoms with E-state index in [-0.39, 0.29) is 24.4 Å². The van der Waals surface area contributed by atoms with Gasteiger partial charge in [0.25, 0.3) is 0 Å². The summed E-state index contributed by atoms with van der Waals surface area (Å²) in [6, 6.07) is 9.06. The van der Waals surface area contributed by atoms with E-state index < -0.39 is 0 Å². The van der Waals surface area contributed by atoms with Crippen LogP contribution >= 0.6 is 11.8 Å². The summed E-state index contributed by atoms with van der Waals surface area (Å²) in [5, 5.41) is 5.95. The Balaban J connectivity index is 1.82. The van der Waals surface area contributed by atoms with Crippen molar-refractivity contribution in [2.75, 3.05) is 37.0 Å². The van der Waals surface area contributed by atoms with E-state index in [1.807, 2.05) is 30.3 Å². The van der Waals surface area contributed by atoms with Gasteiger partial charge in [-0.2, -0.15) is 11.8 Å². The van der Waals surface area contributed by atoms with Crippen LogP contribution in [0.3, 0.4) is 0 Å². The molecule has 1 atom stereocenters. The van der Waals surface area contributed by atoms with Crippen molar-refractivity contribution in [1.82, 2.24) is 10.2 Å². The maximum atomic E-state index is 12.2. The van der Waals surface area contributed by atoms with E-state index in [9.17, 15) is 9.59 Å². The summed E-state index contributed by atoms with van der Waals surface area (Å²) in [5.41, 5.74) is 0.740. The molecule has 2 amide bonds. The van der Waals surface area contributed by atoms with Crippen molar-refractivity contribution in [3.8, 4) is 0 Å². The molecular weight excluding hydrogens is 274 g/mol. The number of rotatable bonds is 4. The third-order valence-corrected chi connectivity index (χ3v) is 4.10. The molecule has 108 valence electrons. The number of para-hydroxylation sites is 1. The van der Waals surface area contributed by atoms with Crippen molar-refractivity contribution < 1.29 is 9.59 Å². The van der Waals surface area contributed by atoms with Crippen LogP contribution in [0.15, 0.2) is 30.3 Å². The molecular formula is C14H19N3O2S. The van der Waals surface area contributed by atoms with Crippen LogP contribution in [0, 0.1) is 0 Å². The van der Waals surface area contributed by atoms with E-state index in [1.54, 1.807) is 18.8 Å². The molecule has 1 aliphatic heterocycles. The molecule has 0 spiro atoms. The van der Waals surface area contributed by atoms with Gasteiger partial charge in [0.05, 0.1) is 12.6 Å². The first-order valence-electron chi connectivity index (χ1n) is 6.58. The van der Waals surface area contributed by atoms with E-state index in [4.69, 9.17) is 0 Å². The van der Waals surface area contributed by atoms with Gasteiger partial charge in [0.2, 0.25) is 11.8 Å². The zero-order chi connectivity index (χ0) is 14.4. The van der Waals surface area contributed by atoms with Crippen LogP contribution in [-0.4, -0.2) is 54.4 Å². The van der Waals surface area contributed by atoms with Gasteiger partial charge in [-0.05, 0) is 12.1 Å². The van der Waals surface area contributed by atoms with Crippen LogP contribution < -0.4 is 10.6 Å². The van der Waals surface area contributed by atoms with E-state index in [0.717, 1.165) is 23.7 Å². The fourth-order valence-corrected chi connectivity index (χ4v) is 2.93. The van der Waals surface area contributed by atoms with Gasteiger partial charge in [0.1, 0.15) is 0 Å². The Morgan fingerprint density at radius 3 is 2.80 bits per heavy atom. The fourth-order valence-electron chi connectivity index (χ4n) is 2.01. The maximum absolute atomic E-state index is 12.2. The Labute approximate surface area is 123 Å². The van der Waals surface area contributed by atoms with Gasteiger partial charge in [-0.15, -0.1) is 0 Å². The Morgan fingerprint density at radius 1 is 1.40 bits per heavy atom. The Bertz CT molecular complexity index is 461.